The zero-order valence-corrected chi connectivity index (χ0v) is 9.97. The number of methoxy groups -OCH3 is 1. The average molecular weight is 287 g/mol. The topological polar surface area (TPSA) is 55.0 Å². The first-order chi connectivity index (χ1) is 7.61. The summed E-state index contributed by atoms with van der Waals surface area (Å²) in [5, 5.41) is 0. The molecule has 0 fully saturated rings. The van der Waals surface area contributed by atoms with Gasteiger partial charge < -0.3 is 9.72 Å². The van der Waals surface area contributed by atoms with Crippen LogP contribution in [0.3, 0.4) is 0 Å². The van der Waals surface area contributed by atoms with Crippen molar-refractivity contribution in [3.8, 4) is 0 Å². The molecule has 16 heavy (non-hydrogen) atoms. The van der Waals surface area contributed by atoms with Gasteiger partial charge in [0.25, 0.3) is 6.08 Å². The molecule has 0 amide bonds. The Kier molecular flexibility index (Phi) is 2.91. The van der Waals surface area contributed by atoms with E-state index in [1.807, 2.05) is 0 Å². The van der Waals surface area contributed by atoms with Gasteiger partial charge in [0.1, 0.15) is 0 Å². The number of H-pyrrole nitrogens is 1. The van der Waals surface area contributed by atoms with Gasteiger partial charge in [-0.1, -0.05) is 15.9 Å². The van der Waals surface area contributed by atoms with Crippen LogP contribution in [0.15, 0.2) is 16.6 Å². The van der Waals surface area contributed by atoms with Gasteiger partial charge >= 0.3 is 5.97 Å². The predicted octanol–water partition coefficient (Wildman–Crippen LogP) is 2.18. The van der Waals surface area contributed by atoms with E-state index < -0.39 is 12.0 Å². The third-order valence-corrected chi connectivity index (χ3v) is 2.97. The number of nitrogens with one attached hydrogen (secondary N) is 1. The van der Waals surface area contributed by atoms with Crippen molar-refractivity contribution < 1.29 is 13.9 Å². The molecule has 1 N–H and O–H groups in total. The molecule has 2 rings (SSSR count). The van der Waals surface area contributed by atoms with Crippen molar-refractivity contribution in [3.63, 3.8) is 0 Å². The Balaban J connectivity index is 2.56. The highest BCUT2D eigenvalue weighted by Gasteiger charge is 2.14. The summed E-state index contributed by atoms with van der Waals surface area (Å²) in [6, 6.07) is 3.43. The minimum absolute atomic E-state index is 0.0543. The summed E-state index contributed by atoms with van der Waals surface area (Å²) in [5.74, 6) is -0.392. The van der Waals surface area contributed by atoms with E-state index in [1.54, 1.807) is 12.1 Å². The first-order valence-corrected chi connectivity index (χ1v) is 5.30. The normalized spacial score (nSPS) is 10.7. The lowest BCUT2D eigenvalue weighted by Gasteiger charge is -2.03. The van der Waals surface area contributed by atoms with Crippen LogP contribution in [0.5, 0.6) is 0 Å². The maximum Gasteiger partial charge on any atom is 0.310 e. The Labute approximate surface area is 98.9 Å². The number of aromatic amines is 1. The summed E-state index contributed by atoms with van der Waals surface area (Å²) >= 11 is 3.30. The Morgan fingerprint density at radius 1 is 1.62 bits per heavy atom. The number of fused-ring (bicyclic) bond motifs is 1. The molecule has 0 aliphatic heterocycles. The van der Waals surface area contributed by atoms with Gasteiger partial charge in [0.15, 0.2) is 0 Å². The summed E-state index contributed by atoms with van der Waals surface area (Å²) in [7, 11) is 1.31. The molecule has 4 nitrogen and oxygen atoms in total. The molecule has 1 aromatic heterocycles. The van der Waals surface area contributed by atoms with Crippen molar-refractivity contribution in [2.45, 2.75) is 6.42 Å². The van der Waals surface area contributed by atoms with Crippen molar-refractivity contribution in [1.82, 2.24) is 9.97 Å². The van der Waals surface area contributed by atoms with Crippen LogP contribution in [0.4, 0.5) is 4.39 Å². The summed E-state index contributed by atoms with van der Waals surface area (Å²) in [6.07, 6.45) is -0.613. The van der Waals surface area contributed by atoms with E-state index in [4.69, 9.17) is 0 Å². The second-order valence-corrected chi connectivity index (χ2v) is 4.06. The van der Waals surface area contributed by atoms with Gasteiger partial charge in [-0.15, -0.1) is 0 Å². The quantitative estimate of drug-likeness (QED) is 0.861. The second kappa shape index (κ2) is 4.21. The number of aromatic nitrogens is 2. The molecule has 0 radical (unpaired) electrons. The van der Waals surface area contributed by atoms with Crippen molar-refractivity contribution in [2.75, 3.05) is 7.11 Å². The first-order valence-electron chi connectivity index (χ1n) is 4.51. The molecular formula is C10H8BrFN2O2. The maximum atomic E-state index is 13.0. The first kappa shape index (κ1) is 11.1. The molecule has 6 heteroatoms. The number of carbonyl (C=O) groups is 1. The van der Waals surface area contributed by atoms with Crippen LogP contribution in [0, 0.1) is 6.08 Å². The van der Waals surface area contributed by atoms with E-state index in [1.165, 1.54) is 7.11 Å². The molecule has 1 aromatic carbocycles. The third kappa shape index (κ3) is 1.92. The van der Waals surface area contributed by atoms with E-state index in [0.717, 1.165) is 0 Å². The fraction of sp³-hybridized carbons (Fsp3) is 0.200. The van der Waals surface area contributed by atoms with Gasteiger partial charge in [0.05, 0.1) is 24.6 Å². The number of hydrogen-bond acceptors (Lipinski definition) is 3. The van der Waals surface area contributed by atoms with E-state index >= 15 is 0 Å². The van der Waals surface area contributed by atoms with E-state index in [9.17, 15) is 9.18 Å². The molecule has 84 valence electrons. The minimum Gasteiger partial charge on any atom is -0.469 e. The lowest BCUT2D eigenvalue weighted by Crippen LogP contribution is -2.05. The van der Waals surface area contributed by atoms with Gasteiger partial charge in [0.2, 0.25) is 0 Å². The molecule has 0 atom stereocenters. The Bertz CT molecular complexity index is 553. The molecule has 2 aromatic rings. The number of benzene rings is 1. The number of rotatable bonds is 2. The van der Waals surface area contributed by atoms with Crippen molar-refractivity contribution >= 4 is 32.9 Å². The number of ether oxygens (including phenoxy) is 1. The standard InChI is InChI=1S/C10H8BrFN2O2/c1-16-8(15)4-5-6(11)2-3-7-9(5)14-10(12)13-7/h2-3H,4H2,1H3,(H,13,14). The number of nitrogens with zero attached hydrogens (tertiary/aromatic N) is 1. The minimum atomic E-state index is -0.667. The largest absolute Gasteiger partial charge is 0.469 e. The van der Waals surface area contributed by atoms with E-state index in [0.29, 0.717) is 21.1 Å². The molecule has 0 aliphatic rings. The summed E-state index contributed by atoms with van der Waals surface area (Å²) in [6.45, 7) is 0. The smallest absolute Gasteiger partial charge is 0.310 e. The molecule has 0 bridgehead atoms. The fourth-order valence-electron chi connectivity index (χ4n) is 1.46. The fourth-order valence-corrected chi connectivity index (χ4v) is 1.92. The monoisotopic (exact) mass is 286 g/mol. The van der Waals surface area contributed by atoms with Crippen LogP contribution in [-0.4, -0.2) is 23.0 Å². The summed E-state index contributed by atoms with van der Waals surface area (Å²) in [5.41, 5.74) is 1.61. The number of halogens is 2. The van der Waals surface area contributed by atoms with Crippen LogP contribution in [0.2, 0.25) is 0 Å². The average Bonchev–Trinajstić information content (AvgIpc) is 2.63. The lowest BCUT2D eigenvalue weighted by atomic mass is 10.1. The number of imidazole rings is 1. The van der Waals surface area contributed by atoms with Crippen LogP contribution in [0.25, 0.3) is 11.0 Å². The summed E-state index contributed by atoms with van der Waals surface area (Å²) in [4.78, 5) is 17.4. The van der Waals surface area contributed by atoms with Crippen LogP contribution in [0.1, 0.15) is 5.56 Å². The second-order valence-electron chi connectivity index (χ2n) is 3.20. The van der Waals surface area contributed by atoms with Crippen molar-refractivity contribution in [1.29, 1.82) is 0 Å². The van der Waals surface area contributed by atoms with Crippen molar-refractivity contribution in [2.24, 2.45) is 0 Å². The number of hydrogen-bond donors (Lipinski definition) is 1. The summed E-state index contributed by atoms with van der Waals surface area (Å²) < 4.78 is 18.2. The van der Waals surface area contributed by atoms with Gasteiger partial charge in [0, 0.05) is 10.0 Å². The highest BCUT2D eigenvalue weighted by atomic mass is 79.9. The van der Waals surface area contributed by atoms with Gasteiger partial charge in [-0.2, -0.15) is 4.39 Å². The van der Waals surface area contributed by atoms with Crippen molar-refractivity contribution in [3.05, 3.63) is 28.2 Å². The Morgan fingerprint density at radius 2 is 2.38 bits per heavy atom. The molecule has 1 heterocycles. The molecule has 0 saturated heterocycles. The highest BCUT2D eigenvalue weighted by molar-refractivity contribution is 9.10. The third-order valence-electron chi connectivity index (χ3n) is 2.22. The van der Waals surface area contributed by atoms with Gasteiger partial charge in [-0.05, 0) is 12.1 Å². The molecule has 0 saturated carbocycles. The zero-order valence-electron chi connectivity index (χ0n) is 8.38. The number of esters is 1. The van der Waals surface area contributed by atoms with Gasteiger partial charge in [-0.25, -0.2) is 4.98 Å². The number of carbonyl (C=O) groups excluding carboxylic acids is 1. The van der Waals surface area contributed by atoms with E-state index in [-0.39, 0.29) is 6.42 Å². The molecule has 0 aliphatic carbocycles. The molecular weight excluding hydrogens is 279 g/mol. The highest BCUT2D eigenvalue weighted by Crippen LogP contribution is 2.25. The van der Waals surface area contributed by atoms with Crippen LogP contribution >= 0.6 is 15.9 Å². The van der Waals surface area contributed by atoms with E-state index in [2.05, 4.69) is 30.6 Å². The van der Waals surface area contributed by atoms with Crippen LogP contribution < -0.4 is 0 Å². The lowest BCUT2D eigenvalue weighted by molar-refractivity contribution is -0.139. The van der Waals surface area contributed by atoms with Crippen LogP contribution in [-0.2, 0) is 16.0 Å². The predicted molar refractivity (Wildman–Crippen MR) is 59.5 cm³/mol. The van der Waals surface area contributed by atoms with Gasteiger partial charge in [-0.3, -0.25) is 4.79 Å². The Morgan fingerprint density at radius 3 is 3.06 bits per heavy atom. The molecule has 0 unspecified atom stereocenters. The zero-order chi connectivity index (χ0) is 11.7. The Hall–Kier alpha value is -1.43. The maximum absolute atomic E-state index is 13.0. The molecule has 0 spiro atoms. The SMILES string of the molecule is COC(=O)Cc1c(Br)ccc2[nH]c(F)nc12.